The molecule has 2 aromatic heterocycles. The van der Waals surface area contributed by atoms with Crippen molar-refractivity contribution in [3.05, 3.63) is 65.9 Å². The van der Waals surface area contributed by atoms with Crippen molar-refractivity contribution in [2.24, 2.45) is 7.05 Å². The predicted molar refractivity (Wildman–Crippen MR) is 123 cm³/mol. The number of nitrogens with one attached hydrogen (secondary N) is 1. The smallest absolute Gasteiger partial charge is 0.395 e. The number of anilines is 1. The van der Waals surface area contributed by atoms with Crippen LogP contribution < -0.4 is 14.8 Å². The highest BCUT2D eigenvalue weighted by molar-refractivity contribution is 5.98. The maximum absolute atomic E-state index is 13.4. The maximum Gasteiger partial charge on any atom is 0.586 e. The third-order valence-corrected chi connectivity index (χ3v) is 6.05. The number of aromatic nitrogens is 3. The second-order valence-electron chi connectivity index (χ2n) is 8.81. The lowest BCUT2D eigenvalue weighted by atomic mass is 9.83. The average Bonchev–Trinajstić information content (AvgIpc) is 3.31. The standard InChI is InChI=1S/C25H22F2N4O3/c1-14-5-10-21(29-22(14)15-6-7-16-13-28-31(4)18(16)11-15)30-23(32)24(2,3)17-8-9-19-20(12-17)34-25(26,27)33-19/h5-13H,1-4H3,(H,29,30,32). The molecule has 174 valence electrons. The van der Waals surface area contributed by atoms with E-state index in [-0.39, 0.29) is 17.4 Å². The molecule has 3 heterocycles. The molecule has 4 aromatic rings. The second-order valence-corrected chi connectivity index (χ2v) is 8.81. The summed E-state index contributed by atoms with van der Waals surface area (Å²) in [6, 6.07) is 13.9. The van der Waals surface area contributed by atoms with Gasteiger partial charge in [-0.05, 0) is 56.2 Å². The zero-order chi connectivity index (χ0) is 24.3. The van der Waals surface area contributed by atoms with Crippen LogP contribution in [0.3, 0.4) is 0 Å². The minimum Gasteiger partial charge on any atom is -0.395 e. The number of hydrogen-bond donors (Lipinski definition) is 1. The lowest BCUT2D eigenvalue weighted by Crippen LogP contribution is -2.35. The number of hydrogen-bond acceptors (Lipinski definition) is 5. The number of rotatable bonds is 4. The summed E-state index contributed by atoms with van der Waals surface area (Å²) in [4.78, 5) is 17.9. The van der Waals surface area contributed by atoms with Crippen LogP contribution in [-0.2, 0) is 17.3 Å². The number of fused-ring (bicyclic) bond motifs is 2. The molecule has 1 aliphatic heterocycles. The quantitative estimate of drug-likeness (QED) is 0.450. The first-order valence-corrected chi connectivity index (χ1v) is 10.7. The molecular weight excluding hydrogens is 442 g/mol. The molecule has 0 unspecified atom stereocenters. The van der Waals surface area contributed by atoms with Gasteiger partial charge in [-0.15, -0.1) is 8.78 Å². The summed E-state index contributed by atoms with van der Waals surface area (Å²) in [6.07, 6.45) is -1.91. The normalized spacial score (nSPS) is 14.4. The summed E-state index contributed by atoms with van der Waals surface area (Å²) >= 11 is 0. The highest BCUT2D eigenvalue weighted by atomic mass is 19.3. The number of pyridine rings is 1. The highest BCUT2D eigenvalue weighted by Gasteiger charge is 2.44. The Morgan fingerprint density at radius 2 is 1.82 bits per heavy atom. The Labute approximate surface area is 194 Å². The molecule has 0 aliphatic carbocycles. The molecular formula is C25H22F2N4O3. The van der Waals surface area contributed by atoms with Crippen molar-refractivity contribution in [1.82, 2.24) is 14.8 Å². The van der Waals surface area contributed by atoms with Gasteiger partial charge >= 0.3 is 6.29 Å². The first-order valence-electron chi connectivity index (χ1n) is 10.7. The number of halogens is 2. The molecule has 9 heteroatoms. The van der Waals surface area contributed by atoms with Gasteiger partial charge in [-0.3, -0.25) is 9.48 Å². The van der Waals surface area contributed by atoms with E-state index in [4.69, 9.17) is 0 Å². The van der Waals surface area contributed by atoms with E-state index in [2.05, 4.69) is 24.9 Å². The third kappa shape index (κ3) is 3.72. The number of ether oxygens (including phenoxy) is 2. The lowest BCUT2D eigenvalue weighted by Gasteiger charge is -2.24. The van der Waals surface area contributed by atoms with Crippen LogP contribution in [0.4, 0.5) is 14.6 Å². The van der Waals surface area contributed by atoms with Crippen molar-refractivity contribution < 1.29 is 23.0 Å². The van der Waals surface area contributed by atoms with Crippen molar-refractivity contribution >= 4 is 22.6 Å². The van der Waals surface area contributed by atoms with E-state index < -0.39 is 11.7 Å². The molecule has 2 aromatic carbocycles. The summed E-state index contributed by atoms with van der Waals surface area (Å²) in [5.41, 5.74) is 3.01. The molecule has 0 bridgehead atoms. The number of aryl methyl sites for hydroxylation is 2. The molecule has 1 amide bonds. The van der Waals surface area contributed by atoms with Crippen molar-refractivity contribution in [3.63, 3.8) is 0 Å². The maximum atomic E-state index is 13.4. The third-order valence-electron chi connectivity index (χ3n) is 6.05. The van der Waals surface area contributed by atoms with E-state index in [1.54, 1.807) is 36.9 Å². The van der Waals surface area contributed by atoms with Crippen LogP contribution in [0.15, 0.2) is 54.7 Å². The zero-order valence-electron chi connectivity index (χ0n) is 19.0. The van der Waals surface area contributed by atoms with E-state index in [0.29, 0.717) is 11.4 Å². The topological polar surface area (TPSA) is 78.3 Å². The molecule has 0 fully saturated rings. The Morgan fingerprint density at radius 3 is 2.62 bits per heavy atom. The molecule has 0 spiro atoms. The lowest BCUT2D eigenvalue weighted by molar-refractivity contribution is -0.286. The number of nitrogens with zero attached hydrogens (tertiary/aromatic N) is 3. The van der Waals surface area contributed by atoms with Crippen LogP contribution in [-0.4, -0.2) is 27.0 Å². The number of benzene rings is 2. The molecule has 34 heavy (non-hydrogen) atoms. The minimum absolute atomic E-state index is 0.0693. The van der Waals surface area contributed by atoms with Crippen molar-refractivity contribution in [2.45, 2.75) is 32.5 Å². The van der Waals surface area contributed by atoms with Crippen LogP contribution in [0.25, 0.3) is 22.2 Å². The molecule has 0 saturated heterocycles. The Kier molecular flexibility index (Phi) is 4.82. The molecule has 1 aliphatic rings. The van der Waals surface area contributed by atoms with E-state index >= 15 is 0 Å². The van der Waals surface area contributed by atoms with Crippen molar-refractivity contribution in [3.8, 4) is 22.8 Å². The number of amides is 1. The summed E-state index contributed by atoms with van der Waals surface area (Å²) in [5, 5.41) is 8.16. The first kappa shape index (κ1) is 21.8. The predicted octanol–water partition coefficient (Wildman–Crippen LogP) is 5.18. The SMILES string of the molecule is Cc1ccc(NC(=O)C(C)(C)c2ccc3c(c2)OC(F)(F)O3)nc1-c1ccc2cnn(C)c2c1. The second kappa shape index (κ2) is 7.51. The van der Waals surface area contributed by atoms with E-state index in [0.717, 1.165) is 27.7 Å². The minimum atomic E-state index is -3.71. The number of carbonyl (C=O) groups excluding carboxylic acids is 1. The molecule has 1 N–H and O–H groups in total. The number of alkyl halides is 2. The van der Waals surface area contributed by atoms with Crippen LogP contribution >= 0.6 is 0 Å². The van der Waals surface area contributed by atoms with Gasteiger partial charge in [0.25, 0.3) is 0 Å². The molecule has 7 nitrogen and oxygen atoms in total. The van der Waals surface area contributed by atoms with Crippen LogP contribution in [0.2, 0.25) is 0 Å². The Morgan fingerprint density at radius 1 is 1.06 bits per heavy atom. The van der Waals surface area contributed by atoms with Gasteiger partial charge in [0.15, 0.2) is 11.5 Å². The van der Waals surface area contributed by atoms with Crippen molar-refractivity contribution in [1.29, 1.82) is 0 Å². The Bertz CT molecular complexity index is 1450. The summed E-state index contributed by atoms with van der Waals surface area (Å²) in [6.45, 7) is 5.35. The van der Waals surface area contributed by atoms with Gasteiger partial charge in [0.05, 0.1) is 22.8 Å². The van der Waals surface area contributed by atoms with Crippen LogP contribution in [0.5, 0.6) is 11.5 Å². The highest BCUT2D eigenvalue weighted by Crippen LogP contribution is 2.43. The number of carbonyl (C=O) groups is 1. The first-order chi connectivity index (χ1) is 16.0. The van der Waals surface area contributed by atoms with E-state index in [9.17, 15) is 13.6 Å². The summed E-state index contributed by atoms with van der Waals surface area (Å²) in [7, 11) is 1.88. The fourth-order valence-corrected chi connectivity index (χ4v) is 3.92. The average molecular weight is 464 g/mol. The Hall–Kier alpha value is -4.01. The Balaban J connectivity index is 1.42. The van der Waals surface area contributed by atoms with Gasteiger partial charge in [-0.2, -0.15) is 5.10 Å². The van der Waals surface area contributed by atoms with Gasteiger partial charge in [0.2, 0.25) is 5.91 Å². The van der Waals surface area contributed by atoms with Gasteiger partial charge < -0.3 is 14.8 Å². The zero-order valence-corrected chi connectivity index (χ0v) is 19.0. The van der Waals surface area contributed by atoms with Gasteiger partial charge in [0, 0.05) is 18.0 Å². The summed E-state index contributed by atoms with van der Waals surface area (Å²) in [5.74, 6) is -0.136. The fourth-order valence-electron chi connectivity index (χ4n) is 3.92. The molecule has 0 saturated carbocycles. The molecule has 5 rings (SSSR count). The molecule has 0 atom stereocenters. The van der Waals surface area contributed by atoms with Crippen LogP contribution in [0, 0.1) is 6.92 Å². The monoisotopic (exact) mass is 464 g/mol. The molecule has 0 radical (unpaired) electrons. The van der Waals surface area contributed by atoms with Gasteiger partial charge in [0.1, 0.15) is 5.82 Å². The van der Waals surface area contributed by atoms with Crippen molar-refractivity contribution in [2.75, 3.05) is 5.32 Å². The fraction of sp³-hybridized carbons (Fsp3) is 0.240. The van der Waals surface area contributed by atoms with E-state index in [1.807, 2.05) is 38.2 Å². The van der Waals surface area contributed by atoms with Gasteiger partial charge in [-0.25, -0.2) is 4.98 Å². The van der Waals surface area contributed by atoms with Crippen LogP contribution in [0.1, 0.15) is 25.0 Å². The largest absolute Gasteiger partial charge is 0.586 e. The van der Waals surface area contributed by atoms with Gasteiger partial charge in [-0.1, -0.05) is 24.3 Å². The van der Waals surface area contributed by atoms with E-state index in [1.165, 1.54) is 12.1 Å². The summed E-state index contributed by atoms with van der Waals surface area (Å²) < 4.78 is 37.5.